The molecule has 1 rings (SSSR count). The largest absolute Gasteiger partial charge is 0.286 e. The molecule has 0 atom stereocenters. The van der Waals surface area contributed by atoms with Gasteiger partial charge in [0.05, 0.1) is 5.75 Å². The maximum atomic E-state index is 10.7. The average Bonchev–Trinajstić information content (AvgIpc) is 2.16. The van der Waals surface area contributed by atoms with Crippen molar-refractivity contribution in [1.82, 2.24) is 0 Å². The van der Waals surface area contributed by atoms with Gasteiger partial charge in [0.15, 0.2) is 0 Å². The van der Waals surface area contributed by atoms with E-state index >= 15 is 0 Å². The number of hydrogen-bond donors (Lipinski definition) is 1. The molecule has 0 aromatic rings. The SMILES string of the molecule is CC(C)(CCS(=O)(=O)O)C1CCCCC1. The van der Waals surface area contributed by atoms with Gasteiger partial charge in [-0.25, -0.2) is 0 Å². The van der Waals surface area contributed by atoms with Crippen LogP contribution in [0.4, 0.5) is 0 Å². The molecule has 3 nitrogen and oxygen atoms in total. The minimum Gasteiger partial charge on any atom is -0.286 e. The van der Waals surface area contributed by atoms with Crippen molar-refractivity contribution in [2.24, 2.45) is 11.3 Å². The number of hydrogen-bond acceptors (Lipinski definition) is 2. The molecule has 0 radical (unpaired) electrons. The zero-order valence-corrected chi connectivity index (χ0v) is 10.5. The van der Waals surface area contributed by atoms with Crippen molar-refractivity contribution < 1.29 is 13.0 Å². The van der Waals surface area contributed by atoms with Gasteiger partial charge in [-0.3, -0.25) is 4.55 Å². The van der Waals surface area contributed by atoms with E-state index in [0.29, 0.717) is 12.3 Å². The molecule has 4 heteroatoms. The molecule has 1 aliphatic carbocycles. The molecule has 15 heavy (non-hydrogen) atoms. The summed E-state index contributed by atoms with van der Waals surface area (Å²) in [5.41, 5.74) is 0.0379. The standard InChI is InChI=1S/C11H22O3S/c1-11(2,8-9-15(12,13)14)10-6-4-3-5-7-10/h10H,3-9H2,1-2H3,(H,12,13,14). The van der Waals surface area contributed by atoms with E-state index in [1.165, 1.54) is 32.1 Å². The van der Waals surface area contributed by atoms with Crippen molar-refractivity contribution in [2.45, 2.75) is 52.4 Å². The monoisotopic (exact) mass is 234 g/mol. The summed E-state index contributed by atoms with van der Waals surface area (Å²) >= 11 is 0. The van der Waals surface area contributed by atoms with Crippen LogP contribution in [0.25, 0.3) is 0 Å². The molecule has 0 saturated heterocycles. The van der Waals surface area contributed by atoms with E-state index < -0.39 is 10.1 Å². The molecule has 0 aromatic heterocycles. The first-order valence-electron chi connectivity index (χ1n) is 5.76. The van der Waals surface area contributed by atoms with Gasteiger partial charge in [0.2, 0.25) is 0 Å². The van der Waals surface area contributed by atoms with Crippen LogP contribution in [0.1, 0.15) is 52.4 Å². The van der Waals surface area contributed by atoms with Crippen LogP contribution in [0.2, 0.25) is 0 Å². The van der Waals surface area contributed by atoms with Crippen LogP contribution in [0.3, 0.4) is 0 Å². The van der Waals surface area contributed by atoms with Crippen molar-refractivity contribution in [2.75, 3.05) is 5.75 Å². The van der Waals surface area contributed by atoms with Crippen LogP contribution >= 0.6 is 0 Å². The Labute approximate surface area is 93.0 Å². The lowest BCUT2D eigenvalue weighted by Gasteiger charge is -2.36. The van der Waals surface area contributed by atoms with E-state index in [1.807, 2.05) is 0 Å². The fourth-order valence-electron chi connectivity index (χ4n) is 2.48. The molecule has 0 spiro atoms. The first-order valence-corrected chi connectivity index (χ1v) is 7.37. The van der Waals surface area contributed by atoms with Gasteiger partial charge in [0.25, 0.3) is 10.1 Å². The van der Waals surface area contributed by atoms with E-state index in [2.05, 4.69) is 13.8 Å². The first kappa shape index (κ1) is 13.0. The maximum absolute atomic E-state index is 10.7. The van der Waals surface area contributed by atoms with E-state index in [4.69, 9.17) is 4.55 Å². The fraction of sp³-hybridized carbons (Fsp3) is 1.00. The summed E-state index contributed by atoms with van der Waals surface area (Å²) in [5.74, 6) is 0.518. The van der Waals surface area contributed by atoms with Crippen molar-refractivity contribution in [1.29, 1.82) is 0 Å². The summed E-state index contributed by atoms with van der Waals surface area (Å²) < 4.78 is 30.2. The summed E-state index contributed by atoms with van der Waals surface area (Å²) in [6.07, 6.45) is 6.82. The second-order valence-electron chi connectivity index (χ2n) is 5.36. The molecule has 0 heterocycles. The van der Waals surface area contributed by atoms with Gasteiger partial charge in [0.1, 0.15) is 0 Å². The highest BCUT2D eigenvalue weighted by Gasteiger charge is 2.31. The van der Waals surface area contributed by atoms with Crippen LogP contribution in [0, 0.1) is 11.3 Å². The van der Waals surface area contributed by atoms with E-state index in [0.717, 1.165) is 0 Å². The molecular formula is C11H22O3S. The Balaban J connectivity index is 2.49. The van der Waals surface area contributed by atoms with E-state index in [1.54, 1.807) is 0 Å². The first-order chi connectivity index (χ1) is 6.81. The van der Waals surface area contributed by atoms with Crippen LogP contribution < -0.4 is 0 Å². The molecule has 0 unspecified atom stereocenters. The van der Waals surface area contributed by atoms with Crippen molar-refractivity contribution >= 4 is 10.1 Å². The van der Waals surface area contributed by atoms with Crippen molar-refractivity contribution in [3.63, 3.8) is 0 Å². The van der Waals surface area contributed by atoms with Gasteiger partial charge in [-0.1, -0.05) is 33.1 Å². The van der Waals surface area contributed by atoms with Crippen LogP contribution in [0.5, 0.6) is 0 Å². The Bertz CT molecular complexity index is 287. The predicted molar refractivity (Wildman–Crippen MR) is 61.4 cm³/mol. The molecular weight excluding hydrogens is 212 g/mol. The summed E-state index contributed by atoms with van der Waals surface area (Å²) in [6, 6.07) is 0. The Morgan fingerprint density at radius 3 is 2.20 bits per heavy atom. The van der Waals surface area contributed by atoms with Crippen LogP contribution in [0.15, 0.2) is 0 Å². The lowest BCUT2D eigenvalue weighted by atomic mass is 9.70. The summed E-state index contributed by atoms with van der Waals surface area (Å²) in [4.78, 5) is 0. The zero-order valence-electron chi connectivity index (χ0n) is 9.70. The quantitative estimate of drug-likeness (QED) is 0.761. The van der Waals surface area contributed by atoms with Crippen molar-refractivity contribution in [3.05, 3.63) is 0 Å². The predicted octanol–water partition coefficient (Wildman–Crippen LogP) is 2.87. The van der Waals surface area contributed by atoms with Gasteiger partial charge >= 0.3 is 0 Å². The number of rotatable bonds is 4. The second-order valence-corrected chi connectivity index (χ2v) is 6.93. The van der Waals surface area contributed by atoms with Gasteiger partial charge < -0.3 is 0 Å². The Morgan fingerprint density at radius 1 is 1.20 bits per heavy atom. The maximum Gasteiger partial charge on any atom is 0.264 e. The van der Waals surface area contributed by atoms with Crippen molar-refractivity contribution in [3.8, 4) is 0 Å². The third-order valence-corrected chi connectivity index (χ3v) is 4.43. The molecule has 0 bridgehead atoms. The molecule has 1 fully saturated rings. The van der Waals surface area contributed by atoms with E-state index in [-0.39, 0.29) is 11.2 Å². The molecule has 0 amide bonds. The third-order valence-electron chi connectivity index (χ3n) is 3.71. The zero-order chi connectivity index (χ0) is 11.5. The summed E-state index contributed by atoms with van der Waals surface area (Å²) in [5, 5.41) is 0. The van der Waals surface area contributed by atoms with Gasteiger partial charge in [0, 0.05) is 0 Å². The molecule has 1 aliphatic rings. The molecule has 1 N–H and O–H groups in total. The second kappa shape index (κ2) is 4.83. The Morgan fingerprint density at radius 2 is 1.73 bits per heavy atom. The minimum absolute atomic E-state index is 0.0379. The highest BCUT2D eigenvalue weighted by molar-refractivity contribution is 7.85. The van der Waals surface area contributed by atoms with Crippen LogP contribution in [-0.4, -0.2) is 18.7 Å². The van der Waals surface area contributed by atoms with E-state index in [9.17, 15) is 8.42 Å². The fourth-order valence-corrected chi connectivity index (χ4v) is 3.26. The van der Waals surface area contributed by atoms with Crippen LogP contribution in [-0.2, 0) is 10.1 Å². The van der Waals surface area contributed by atoms with Gasteiger partial charge in [-0.05, 0) is 30.6 Å². The molecule has 0 aromatic carbocycles. The molecule has 90 valence electrons. The molecule has 0 aliphatic heterocycles. The summed E-state index contributed by atoms with van der Waals surface area (Å²) in [6.45, 7) is 4.24. The Hall–Kier alpha value is -0.0900. The lowest BCUT2D eigenvalue weighted by Crippen LogP contribution is -2.28. The normalized spacial score (nSPS) is 20.5. The van der Waals surface area contributed by atoms with Gasteiger partial charge in [-0.2, -0.15) is 8.42 Å². The minimum atomic E-state index is -3.80. The molecule has 1 saturated carbocycles. The summed E-state index contributed by atoms with van der Waals surface area (Å²) in [7, 11) is -3.80. The smallest absolute Gasteiger partial charge is 0.264 e. The Kier molecular flexibility index (Phi) is 4.18. The average molecular weight is 234 g/mol. The third kappa shape index (κ3) is 4.51. The topological polar surface area (TPSA) is 54.4 Å². The highest BCUT2D eigenvalue weighted by atomic mass is 32.2. The lowest BCUT2D eigenvalue weighted by molar-refractivity contribution is 0.152. The highest BCUT2D eigenvalue weighted by Crippen LogP contribution is 2.40. The van der Waals surface area contributed by atoms with Gasteiger partial charge in [-0.15, -0.1) is 0 Å².